The highest BCUT2D eigenvalue weighted by Crippen LogP contribution is 2.37. The number of nitrogens with two attached hydrogens (primary N) is 1. The molecule has 0 saturated carbocycles. The molecule has 3 N–H and O–H groups in total. The van der Waals surface area contributed by atoms with Gasteiger partial charge in [0, 0.05) is 17.5 Å². The molecule has 0 atom stereocenters. The van der Waals surface area contributed by atoms with Gasteiger partial charge in [0.15, 0.2) is 0 Å². The number of benzene rings is 1. The van der Waals surface area contributed by atoms with E-state index in [9.17, 15) is 18.3 Å². The molecule has 0 unspecified atom stereocenters. The minimum atomic E-state index is -4.66. The standard InChI is InChI=1S/C13H14F3N3O2/c1-12(2,17)6-10-18-11(19-21-10)7-3-4-9(20)8(5-7)13(14,15)16/h3-5,20H,6,17H2,1-2H3. The molecular weight excluding hydrogens is 287 g/mol. The Balaban J connectivity index is 2.35. The molecule has 2 rings (SSSR count). The van der Waals surface area contributed by atoms with Crippen LogP contribution in [0.2, 0.25) is 0 Å². The Kier molecular flexibility index (Phi) is 3.66. The van der Waals surface area contributed by atoms with Crippen LogP contribution in [0.4, 0.5) is 13.2 Å². The van der Waals surface area contributed by atoms with Gasteiger partial charge in [-0.25, -0.2) is 0 Å². The van der Waals surface area contributed by atoms with E-state index in [0.717, 1.165) is 12.1 Å². The van der Waals surface area contributed by atoms with Crippen LogP contribution >= 0.6 is 0 Å². The molecule has 0 spiro atoms. The number of rotatable bonds is 3. The van der Waals surface area contributed by atoms with Gasteiger partial charge in [-0.05, 0) is 32.0 Å². The molecule has 0 radical (unpaired) electrons. The highest BCUT2D eigenvalue weighted by atomic mass is 19.4. The maximum Gasteiger partial charge on any atom is 0.419 e. The second kappa shape index (κ2) is 5.03. The Bertz CT molecular complexity index is 645. The van der Waals surface area contributed by atoms with Crippen molar-refractivity contribution in [1.29, 1.82) is 0 Å². The first-order chi connectivity index (χ1) is 9.56. The van der Waals surface area contributed by atoms with Gasteiger partial charge in [0.1, 0.15) is 5.75 Å². The molecule has 0 amide bonds. The van der Waals surface area contributed by atoms with E-state index in [1.54, 1.807) is 13.8 Å². The van der Waals surface area contributed by atoms with Crippen LogP contribution < -0.4 is 5.73 Å². The summed E-state index contributed by atoms with van der Waals surface area (Å²) in [5.41, 5.74) is 4.19. The molecule has 1 heterocycles. The van der Waals surface area contributed by atoms with Crippen molar-refractivity contribution in [1.82, 2.24) is 10.1 Å². The van der Waals surface area contributed by atoms with Gasteiger partial charge in [0.05, 0.1) is 5.56 Å². The van der Waals surface area contributed by atoms with Crippen molar-refractivity contribution in [3.05, 3.63) is 29.7 Å². The molecule has 8 heteroatoms. The second-order valence-electron chi connectivity index (χ2n) is 5.41. The fourth-order valence-electron chi connectivity index (χ4n) is 1.74. The summed E-state index contributed by atoms with van der Waals surface area (Å²) < 4.78 is 43.2. The van der Waals surface area contributed by atoms with Gasteiger partial charge >= 0.3 is 6.18 Å². The number of hydrogen-bond donors (Lipinski definition) is 2. The van der Waals surface area contributed by atoms with Gasteiger partial charge in [-0.15, -0.1) is 0 Å². The number of phenols is 1. The number of aromatic nitrogens is 2. The summed E-state index contributed by atoms with van der Waals surface area (Å²) >= 11 is 0. The van der Waals surface area contributed by atoms with E-state index < -0.39 is 23.0 Å². The van der Waals surface area contributed by atoms with Crippen LogP contribution in [0.5, 0.6) is 5.75 Å². The first-order valence-electron chi connectivity index (χ1n) is 6.08. The van der Waals surface area contributed by atoms with Crippen molar-refractivity contribution in [2.24, 2.45) is 5.73 Å². The van der Waals surface area contributed by atoms with Gasteiger partial charge in [-0.2, -0.15) is 18.2 Å². The minimum absolute atomic E-state index is 0.0137. The largest absolute Gasteiger partial charge is 0.507 e. The molecule has 1 aromatic carbocycles. The average Bonchev–Trinajstić information content (AvgIpc) is 2.74. The van der Waals surface area contributed by atoms with Crippen LogP contribution in [0.3, 0.4) is 0 Å². The lowest BCUT2D eigenvalue weighted by atomic mass is 10.0. The lowest BCUT2D eigenvalue weighted by Crippen LogP contribution is -2.34. The quantitative estimate of drug-likeness (QED) is 0.910. The normalized spacial score (nSPS) is 12.7. The molecule has 21 heavy (non-hydrogen) atoms. The number of hydrogen-bond acceptors (Lipinski definition) is 5. The molecule has 114 valence electrons. The van der Waals surface area contributed by atoms with Crippen LogP contribution in [0, 0.1) is 0 Å². The Morgan fingerprint density at radius 2 is 1.95 bits per heavy atom. The van der Waals surface area contributed by atoms with Crippen LogP contribution in [-0.2, 0) is 12.6 Å². The van der Waals surface area contributed by atoms with Gasteiger partial charge in [0.25, 0.3) is 0 Å². The summed E-state index contributed by atoms with van der Waals surface area (Å²) in [6.45, 7) is 3.53. The second-order valence-corrected chi connectivity index (χ2v) is 5.41. The zero-order valence-corrected chi connectivity index (χ0v) is 11.4. The minimum Gasteiger partial charge on any atom is -0.507 e. The van der Waals surface area contributed by atoms with Crippen molar-refractivity contribution in [3.63, 3.8) is 0 Å². The first-order valence-corrected chi connectivity index (χ1v) is 6.08. The Hall–Kier alpha value is -2.09. The Morgan fingerprint density at radius 3 is 2.52 bits per heavy atom. The number of halogens is 3. The molecule has 0 aliphatic carbocycles. The summed E-state index contributed by atoms with van der Waals surface area (Å²) in [6, 6.07) is 3.01. The predicted octanol–water partition coefficient (Wildman–Crippen LogP) is 2.74. The van der Waals surface area contributed by atoms with Gasteiger partial charge in [-0.1, -0.05) is 5.16 Å². The Labute approximate surface area is 118 Å². The van der Waals surface area contributed by atoms with E-state index in [0.29, 0.717) is 6.42 Å². The zero-order chi connectivity index (χ0) is 15.8. The molecule has 0 fully saturated rings. The number of aromatic hydroxyl groups is 1. The summed E-state index contributed by atoms with van der Waals surface area (Å²) in [5, 5.41) is 12.9. The molecule has 0 bridgehead atoms. The van der Waals surface area contributed by atoms with E-state index in [-0.39, 0.29) is 17.3 Å². The van der Waals surface area contributed by atoms with Crippen molar-refractivity contribution in [2.75, 3.05) is 0 Å². The maximum atomic E-state index is 12.7. The monoisotopic (exact) mass is 301 g/mol. The van der Waals surface area contributed by atoms with E-state index in [2.05, 4.69) is 10.1 Å². The summed E-state index contributed by atoms with van der Waals surface area (Å²) in [6.07, 6.45) is -4.36. The SMILES string of the molecule is CC(C)(N)Cc1nc(-c2ccc(O)c(C(F)(F)F)c2)no1. The van der Waals surface area contributed by atoms with E-state index in [1.807, 2.05) is 0 Å². The first kappa shape index (κ1) is 15.3. The van der Waals surface area contributed by atoms with Crippen molar-refractivity contribution in [3.8, 4) is 17.1 Å². The third-order valence-electron chi connectivity index (χ3n) is 2.64. The molecular formula is C13H14F3N3O2. The van der Waals surface area contributed by atoms with E-state index in [1.165, 1.54) is 6.07 Å². The molecule has 0 saturated heterocycles. The predicted molar refractivity (Wildman–Crippen MR) is 68.4 cm³/mol. The number of alkyl halides is 3. The van der Waals surface area contributed by atoms with Crippen LogP contribution in [0.25, 0.3) is 11.4 Å². The van der Waals surface area contributed by atoms with Crippen molar-refractivity contribution < 1.29 is 22.8 Å². The van der Waals surface area contributed by atoms with Crippen molar-refractivity contribution in [2.45, 2.75) is 32.0 Å². The number of phenolic OH excluding ortho intramolecular Hbond substituents is 1. The lowest BCUT2D eigenvalue weighted by Gasteiger charge is -2.14. The fraction of sp³-hybridized carbons (Fsp3) is 0.385. The smallest absolute Gasteiger partial charge is 0.419 e. The highest BCUT2D eigenvalue weighted by molar-refractivity contribution is 5.58. The molecule has 5 nitrogen and oxygen atoms in total. The molecule has 2 aromatic rings. The van der Waals surface area contributed by atoms with Crippen molar-refractivity contribution >= 4 is 0 Å². The molecule has 0 aliphatic heterocycles. The third-order valence-corrected chi connectivity index (χ3v) is 2.64. The summed E-state index contributed by atoms with van der Waals surface area (Å²) in [7, 11) is 0. The zero-order valence-electron chi connectivity index (χ0n) is 11.4. The van der Waals surface area contributed by atoms with Crippen LogP contribution in [0.1, 0.15) is 25.3 Å². The maximum absolute atomic E-state index is 12.7. The lowest BCUT2D eigenvalue weighted by molar-refractivity contribution is -0.138. The molecule has 0 aliphatic rings. The third kappa shape index (κ3) is 3.72. The topological polar surface area (TPSA) is 85.2 Å². The average molecular weight is 301 g/mol. The number of nitrogens with zero attached hydrogens (tertiary/aromatic N) is 2. The van der Waals surface area contributed by atoms with E-state index in [4.69, 9.17) is 10.3 Å². The fourth-order valence-corrected chi connectivity index (χ4v) is 1.74. The van der Waals surface area contributed by atoms with Gasteiger partial charge in [-0.3, -0.25) is 0 Å². The summed E-state index contributed by atoms with van der Waals surface area (Å²) in [4.78, 5) is 4.01. The highest BCUT2D eigenvalue weighted by Gasteiger charge is 2.34. The van der Waals surface area contributed by atoms with Gasteiger partial charge < -0.3 is 15.4 Å². The molecule has 1 aromatic heterocycles. The van der Waals surface area contributed by atoms with Crippen LogP contribution in [-0.4, -0.2) is 20.8 Å². The summed E-state index contributed by atoms with van der Waals surface area (Å²) in [5.74, 6) is -0.600. The van der Waals surface area contributed by atoms with Crippen LogP contribution in [0.15, 0.2) is 22.7 Å². The van der Waals surface area contributed by atoms with E-state index >= 15 is 0 Å². The Morgan fingerprint density at radius 1 is 1.29 bits per heavy atom. The van der Waals surface area contributed by atoms with Gasteiger partial charge in [0.2, 0.25) is 11.7 Å².